The van der Waals surface area contributed by atoms with Gasteiger partial charge >= 0.3 is 0 Å². The number of hydrogen-bond acceptors (Lipinski definition) is 5. The third kappa shape index (κ3) is 7.30. The van der Waals surface area contributed by atoms with Gasteiger partial charge in [-0.15, -0.1) is 0 Å². The van der Waals surface area contributed by atoms with Crippen LogP contribution in [0.4, 0.5) is 5.69 Å². The van der Waals surface area contributed by atoms with E-state index in [1.807, 2.05) is 0 Å². The van der Waals surface area contributed by atoms with Gasteiger partial charge in [-0.2, -0.15) is 0 Å². The summed E-state index contributed by atoms with van der Waals surface area (Å²) in [7, 11) is -3.59. The molecule has 1 saturated carbocycles. The SMILES string of the molecule is O=C(CCC1CCCCC1)NC(=S)Nc1ccc(S(=O)(=O)NCC2CCCO2)cc1. The first kappa shape index (κ1) is 23.1. The molecule has 2 aliphatic rings. The van der Waals surface area contributed by atoms with E-state index in [9.17, 15) is 13.2 Å². The average molecular weight is 454 g/mol. The Morgan fingerprint density at radius 2 is 1.80 bits per heavy atom. The summed E-state index contributed by atoms with van der Waals surface area (Å²) in [5.74, 6) is 0.560. The number of carbonyl (C=O) groups is 1. The second-order valence-electron chi connectivity index (χ2n) is 8.06. The predicted molar refractivity (Wildman–Crippen MR) is 121 cm³/mol. The van der Waals surface area contributed by atoms with Gasteiger partial charge in [0.1, 0.15) is 0 Å². The zero-order valence-corrected chi connectivity index (χ0v) is 18.8. The maximum Gasteiger partial charge on any atom is 0.240 e. The lowest BCUT2D eigenvalue weighted by molar-refractivity contribution is -0.120. The third-order valence-electron chi connectivity index (χ3n) is 5.70. The second kappa shape index (κ2) is 11.2. The first-order valence-corrected chi connectivity index (χ1v) is 12.6. The Labute approximate surface area is 184 Å². The fourth-order valence-electron chi connectivity index (χ4n) is 3.97. The number of benzene rings is 1. The largest absolute Gasteiger partial charge is 0.377 e. The summed E-state index contributed by atoms with van der Waals surface area (Å²) >= 11 is 5.20. The van der Waals surface area contributed by atoms with E-state index < -0.39 is 10.0 Å². The molecule has 0 bridgehead atoms. The maximum atomic E-state index is 12.4. The predicted octanol–water partition coefficient (Wildman–Crippen LogP) is 3.32. The van der Waals surface area contributed by atoms with Gasteiger partial charge in [0.15, 0.2) is 5.11 Å². The molecule has 3 rings (SSSR count). The molecule has 1 aliphatic heterocycles. The Bertz CT molecular complexity index is 815. The Morgan fingerprint density at radius 1 is 1.07 bits per heavy atom. The molecule has 7 nitrogen and oxygen atoms in total. The van der Waals surface area contributed by atoms with Crippen LogP contribution < -0.4 is 15.4 Å². The molecule has 1 heterocycles. The van der Waals surface area contributed by atoms with Crippen molar-refractivity contribution in [3.63, 3.8) is 0 Å². The number of carbonyl (C=O) groups excluding carboxylic acids is 1. The molecule has 9 heteroatoms. The zero-order valence-electron chi connectivity index (χ0n) is 17.2. The van der Waals surface area contributed by atoms with Crippen LogP contribution in [0.15, 0.2) is 29.2 Å². The van der Waals surface area contributed by atoms with E-state index in [4.69, 9.17) is 17.0 Å². The standard InChI is InChI=1S/C21H31N3O4S2/c25-20(13-8-16-5-2-1-3-6-16)24-21(29)23-17-9-11-19(12-10-17)30(26,27)22-15-18-7-4-14-28-18/h9-12,16,18,22H,1-8,13-15H2,(H2,23,24,25,29). The molecule has 3 N–H and O–H groups in total. The number of rotatable bonds is 8. The summed E-state index contributed by atoms with van der Waals surface area (Å²) in [6, 6.07) is 6.27. The summed E-state index contributed by atoms with van der Waals surface area (Å²) < 4.78 is 32.8. The van der Waals surface area contributed by atoms with Crippen LogP contribution >= 0.6 is 12.2 Å². The molecule has 1 amide bonds. The lowest BCUT2D eigenvalue weighted by atomic mass is 9.86. The van der Waals surface area contributed by atoms with Gasteiger partial charge in [0, 0.05) is 25.3 Å². The van der Waals surface area contributed by atoms with Crippen LogP contribution in [-0.2, 0) is 19.6 Å². The molecule has 0 aromatic heterocycles. The molecule has 0 spiro atoms. The van der Waals surface area contributed by atoms with E-state index in [0.717, 1.165) is 19.3 Å². The monoisotopic (exact) mass is 453 g/mol. The summed E-state index contributed by atoms with van der Waals surface area (Å²) in [4.78, 5) is 12.3. The molecule has 1 aliphatic carbocycles. The molecule has 2 fully saturated rings. The highest BCUT2D eigenvalue weighted by Gasteiger charge is 2.20. The Balaban J connectivity index is 1.42. The molecular formula is C21H31N3O4S2. The van der Waals surface area contributed by atoms with Crippen molar-refractivity contribution in [2.24, 2.45) is 5.92 Å². The molecule has 1 atom stereocenters. The minimum Gasteiger partial charge on any atom is -0.377 e. The molecule has 30 heavy (non-hydrogen) atoms. The number of ether oxygens (including phenoxy) is 1. The lowest BCUT2D eigenvalue weighted by Gasteiger charge is -2.21. The first-order valence-electron chi connectivity index (χ1n) is 10.7. The van der Waals surface area contributed by atoms with Crippen molar-refractivity contribution in [3.8, 4) is 0 Å². The van der Waals surface area contributed by atoms with Gasteiger partial charge in [-0.05, 0) is 61.7 Å². The zero-order chi connectivity index (χ0) is 21.4. The van der Waals surface area contributed by atoms with E-state index in [2.05, 4.69) is 15.4 Å². The van der Waals surface area contributed by atoms with Crippen molar-refractivity contribution in [1.82, 2.24) is 10.0 Å². The van der Waals surface area contributed by atoms with Crippen molar-refractivity contribution < 1.29 is 17.9 Å². The number of sulfonamides is 1. The van der Waals surface area contributed by atoms with Crippen molar-refractivity contribution in [2.75, 3.05) is 18.5 Å². The smallest absolute Gasteiger partial charge is 0.240 e. The van der Waals surface area contributed by atoms with E-state index in [0.29, 0.717) is 24.6 Å². The molecular weight excluding hydrogens is 422 g/mol. The number of amides is 1. The maximum absolute atomic E-state index is 12.4. The Kier molecular flexibility index (Phi) is 8.61. The molecule has 1 aromatic rings. The highest BCUT2D eigenvalue weighted by molar-refractivity contribution is 7.89. The topological polar surface area (TPSA) is 96.5 Å². The van der Waals surface area contributed by atoms with Crippen molar-refractivity contribution >= 4 is 38.9 Å². The molecule has 1 unspecified atom stereocenters. The number of thiocarbonyl (C=S) groups is 1. The van der Waals surface area contributed by atoms with Gasteiger partial charge in [-0.25, -0.2) is 13.1 Å². The minimum absolute atomic E-state index is 0.0557. The van der Waals surface area contributed by atoms with Crippen LogP contribution in [0.5, 0.6) is 0 Å². The number of anilines is 1. The summed E-state index contributed by atoms with van der Waals surface area (Å²) in [6.45, 7) is 0.961. The average Bonchev–Trinajstić information content (AvgIpc) is 3.26. The van der Waals surface area contributed by atoms with Crippen LogP contribution in [0.1, 0.15) is 57.8 Å². The lowest BCUT2D eigenvalue weighted by Crippen LogP contribution is -2.34. The van der Waals surface area contributed by atoms with Crippen molar-refractivity contribution in [1.29, 1.82) is 0 Å². The fraction of sp³-hybridized carbons (Fsp3) is 0.619. The van der Waals surface area contributed by atoms with Crippen LogP contribution in [-0.4, -0.2) is 38.7 Å². The fourth-order valence-corrected chi connectivity index (χ4v) is 5.27. The van der Waals surface area contributed by atoms with Gasteiger partial charge in [0.25, 0.3) is 0 Å². The Hall–Kier alpha value is -1.55. The number of nitrogens with one attached hydrogen (secondary N) is 3. The number of hydrogen-bond donors (Lipinski definition) is 3. The first-order chi connectivity index (χ1) is 14.4. The van der Waals surface area contributed by atoms with Crippen LogP contribution in [0.25, 0.3) is 0 Å². The van der Waals surface area contributed by atoms with Crippen LogP contribution in [0, 0.1) is 5.92 Å². The van der Waals surface area contributed by atoms with Gasteiger partial charge in [-0.1, -0.05) is 32.1 Å². The molecule has 166 valence electrons. The minimum atomic E-state index is -3.59. The van der Waals surface area contributed by atoms with Crippen molar-refractivity contribution in [2.45, 2.75) is 68.8 Å². The van der Waals surface area contributed by atoms with E-state index >= 15 is 0 Å². The van der Waals surface area contributed by atoms with E-state index in [1.54, 1.807) is 12.1 Å². The van der Waals surface area contributed by atoms with Crippen molar-refractivity contribution in [3.05, 3.63) is 24.3 Å². The molecule has 1 aromatic carbocycles. The highest BCUT2D eigenvalue weighted by atomic mass is 32.2. The van der Waals surface area contributed by atoms with Crippen LogP contribution in [0.3, 0.4) is 0 Å². The van der Waals surface area contributed by atoms with E-state index in [-0.39, 0.29) is 28.6 Å². The third-order valence-corrected chi connectivity index (χ3v) is 7.35. The van der Waals surface area contributed by atoms with E-state index in [1.165, 1.54) is 44.2 Å². The molecule has 1 saturated heterocycles. The summed E-state index contributed by atoms with van der Waals surface area (Å²) in [5.41, 5.74) is 0.616. The normalized spacial score (nSPS) is 20.1. The van der Waals surface area contributed by atoms with Gasteiger partial charge < -0.3 is 15.4 Å². The highest BCUT2D eigenvalue weighted by Crippen LogP contribution is 2.27. The second-order valence-corrected chi connectivity index (χ2v) is 10.2. The Morgan fingerprint density at radius 3 is 2.47 bits per heavy atom. The van der Waals surface area contributed by atoms with Crippen LogP contribution in [0.2, 0.25) is 0 Å². The summed E-state index contributed by atoms with van der Waals surface area (Å²) in [5, 5.41) is 5.85. The van der Waals surface area contributed by atoms with Gasteiger partial charge in [0.2, 0.25) is 15.9 Å². The van der Waals surface area contributed by atoms with Gasteiger partial charge in [-0.3, -0.25) is 4.79 Å². The molecule has 0 radical (unpaired) electrons. The summed E-state index contributed by atoms with van der Waals surface area (Å²) in [6.07, 6.45) is 9.42. The van der Waals surface area contributed by atoms with Gasteiger partial charge in [0.05, 0.1) is 11.0 Å². The quantitative estimate of drug-likeness (QED) is 0.523.